The van der Waals surface area contributed by atoms with E-state index >= 15 is 0 Å². The molecule has 0 aromatic heterocycles. The van der Waals surface area contributed by atoms with Crippen LogP contribution in [0, 0.1) is 0 Å². The first-order valence-corrected chi connectivity index (χ1v) is 6.22. The van der Waals surface area contributed by atoms with E-state index in [0.29, 0.717) is 15.6 Å². The average molecular weight is 297 g/mol. The molecule has 0 heterocycles. The van der Waals surface area contributed by atoms with E-state index in [0.717, 1.165) is 5.56 Å². The molecule has 0 aliphatic rings. The Labute approximate surface area is 120 Å². The van der Waals surface area contributed by atoms with Gasteiger partial charge in [-0.25, -0.2) is 4.79 Å². The summed E-state index contributed by atoms with van der Waals surface area (Å²) in [5.41, 5.74) is 1.03. The highest BCUT2D eigenvalue weighted by Crippen LogP contribution is 2.23. The van der Waals surface area contributed by atoms with Crippen LogP contribution in [0.15, 0.2) is 42.5 Å². The highest BCUT2D eigenvalue weighted by atomic mass is 35.5. The van der Waals surface area contributed by atoms with Crippen LogP contribution in [0.5, 0.6) is 5.75 Å². The molecule has 0 aliphatic heterocycles. The van der Waals surface area contributed by atoms with Gasteiger partial charge < -0.3 is 9.84 Å². The van der Waals surface area contributed by atoms with Crippen molar-refractivity contribution in [2.75, 3.05) is 0 Å². The monoisotopic (exact) mass is 296 g/mol. The van der Waals surface area contributed by atoms with E-state index in [1.54, 1.807) is 30.3 Å². The summed E-state index contributed by atoms with van der Waals surface area (Å²) in [5, 5.41) is 10.1. The van der Waals surface area contributed by atoms with Gasteiger partial charge in [0.05, 0.1) is 15.6 Å². The fraction of sp³-hybridized carbons (Fsp3) is 0.0714. The van der Waals surface area contributed by atoms with Crippen molar-refractivity contribution in [2.45, 2.75) is 6.61 Å². The number of aromatic hydroxyl groups is 1. The fourth-order valence-corrected chi connectivity index (χ4v) is 1.82. The molecule has 0 atom stereocenters. The van der Waals surface area contributed by atoms with Crippen LogP contribution in [0.1, 0.15) is 15.9 Å². The lowest BCUT2D eigenvalue weighted by Crippen LogP contribution is -2.05. The summed E-state index contributed by atoms with van der Waals surface area (Å²) in [6, 6.07) is 11.0. The quantitative estimate of drug-likeness (QED) is 0.869. The van der Waals surface area contributed by atoms with Crippen molar-refractivity contribution in [2.24, 2.45) is 0 Å². The standard InChI is InChI=1S/C14H10Cl2O3/c15-12-5-4-9(6-13(12)16)8-19-14(18)10-2-1-3-11(17)7-10/h1-7,17H,8H2. The van der Waals surface area contributed by atoms with E-state index < -0.39 is 5.97 Å². The molecule has 2 aromatic carbocycles. The summed E-state index contributed by atoms with van der Waals surface area (Å²) in [4.78, 5) is 11.7. The summed E-state index contributed by atoms with van der Waals surface area (Å²) >= 11 is 11.7. The molecule has 0 radical (unpaired) electrons. The molecule has 3 nitrogen and oxygen atoms in total. The molecular weight excluding hydrogens is 287 g/mol. The van der Waals surface area contributed by atoms with Crippen LogP contribution in [-0.4, -0.2) is 11.1 Å². The van der Waals surface area contributed by atoms with E-state index in [9.17, 15) is 9.90 Å². The molecule has 98 valence electrons. The SMILES string of the molecule is O=C(OCc1ccc(Cl)c(Cl)c1)c1cccc(O)c1. The van der Waals surface area contributed by atoms with Gasteiger partial charge in [0.2, 0.25) is 0 Å². The van der Waals surface area contributed by atoms with Crippen molar-refractivity contribution in [3.63, 3.8) is 0 Å². The Morgan fingerprint density at radius 1 is 1.11 bits per heavy atom. The molecule has 19 heavy (non-hydrogen) atoms. The lowest BCUT2D eigenvalue weighted by Gasteiger charge is -2.06. The lowest BCUT2D eigenvalue weighted by molar-refractivity contribution is 0.0472. The van der Waals surface area contributed by atoms with Gasteiger partial charge in [-0.3, -0.25) is 0 Å². The summed E-state index contributed by atoms with van der Waals surface area (Å²) in [6.07, 6.45) is 0. The third kappa shape index (κ3) is 3.63. The third-order valence-corrected chi connectivity index (χ3v) is 3.17. The van der Waals surface area contributed by atoms with E-state index in [4.69, 9.17) is 27.9 Å². The largest absolute Gasteiger partial charge is 0.508 e. The molecule has 0 aliphatic carbocycles. The molecule has 0 saturated heterocycles. The molecule has 0 spiro atoms. The summed E-state index contributed by atoms with van der Waals surface area (Å²) in [5.74, 6) is -0.494. The van der Waals surface area contributed by atoms with Crippen molar-refractivity contribution in [1.82, 2.24) is 0 Å². The molecule has 0 amide bonds. The molecule has 2 rings (SSSR count). The summed E-state index contributed by atoms with van der Waals surface area (Å²) in [7, 11) is 0. The predicted octanol–water partition coefficient (Wildman–Crippen LogP) is 4.06. The summed E-state index contributed by atoms with van der Waals surface area (Å²) < 4.78 is 5.11. The maximum absolute atomic E-state index is 11.7. The Bertz CT molecular complexity index is 611. The van der Waals surface area contributed by atoms with Gasteiger partial charge >= 0.3 is 5.97 Å². The molecule has 0 bridgehead atoms. The van der Waals surface area contributed by atoms with Gasteiger partial charge in [0.1, 0.15) is 12.4 Å². The maximum Gasteiger partial charge on any atom is 0.338 e. The van der Waals surface area contributed by atoms with Crippen LogP contribution in [-0.2, 0) is 11.3 Å². The zero-order chi connectivity index (χ0) is 13.8. The number of esters is 1. The Hall–Kier alpha value is -1.71. The van der Waals surface area contributed by atoms with E-state index in [1.165, 1.54) is 12.1 Å². The number of ether oxygens (including phenoxy) is 1. The minimum Gasteiger partial charge on any atom is -0.508 e. The first-order chi connectivity index (χ1) is 9.06. The molecule has 5 heteroatoms. The number of rotatable bonds is 3. The minimum atomic E-state index is -0.512. The average Bonchev–Trinajstić information content (AvgIpc) is 2.40. The number of phenols is 1. The number of hydrogen-bond donors (Lipinski definition) is 1. The zero-order valence-corrected chi connectivity index (χ0v) is 11.3. The molecule has 0 unspecified atom stereocenters. The van der Waals surface area contributed by atoms with Gasteiger partial charge in [-0.15, -0.1) is 0 Å². The highest BCUT2D eigenvalue weighted by molar-refractivity contribution is 6.42. The Morgan fingerprint density at radius 3 is 2.58 bits per heavy atom. The fourth-order valence-electron chi connectivity index (χ4n) is 1.49. The van der Waals surface area contributed by atoms with Gasteiger partial charge in [-0.1, -0.05) is 35.3 Å². The van der Waals surface area contributed by atoms with Crippen molar-refractivity contribution in [3.05, 3.63) is 63.6 Å². The van der Waals surface area contributed by atoms with Gasteiger partial charge in [-0.05, 0) is 35.9 Å². The molecule has 2 aromatic rings. The number of carbonyl (C=O) groups is 1. The normalized spacial score (nSPS) is 10.2. The number of carbonyl (C=O) groups excluding carboxylic acids is 1. The van der Waals surface area contributed by atoms with Crippen LogP contribution in [0.4, 0.5) is 0 Å². The Kier molecular flexibility index (Phi) is 4.30. The predicted molar refractivity (Wildman–Crippen MR) is 73.7 cm³/mol. The molecular formula is C14H10Cl2O3. The van der Waals surface area contributed by atoms with Crippen LogP contribution in [0.2, 0.25) is 10.0 Å². The van der Waals surface area contributed by atoms with Gasteiger partial charge in [0, 0.05) is 0 Å². The first-order valence-electron chi connectivity index (χ1n) is 5.46. The van der Waals surface area contributed by atoms with Crippen LogP contribution >= 0.6 is 23.2 Å². The van der Waals surface area contributed by atoms with Crippen molar-refractivity contribution in [3.8, 4) is 5.75 Å². The maximum atomic E-state index is 11.7. The zero-order valence-electron chi connectivity index (χ0n) is 9.77. The van der Waals surface area contributed by atoms with E-state index in [1.807, 2.05) is 0 Å². The van der Waals surface area contributed by atoms with Gasteiger partial charge in [0.25, 0.3) is 0 Å². The van der Waals surface area contributed by atoms with E-state index in [2.05, 4.69) is 0 Å². The summed E-state index contributed by atoms with van der Waals surface area (Å²) in [6.45, 7) is 0.0887. The minimum absolute atomic E-state index is 0.0176. The number of hydrogen-bond acceptors (Lipinski definition) is 3. The lowest BCUT2D eigenvalue weighted by atomic mass is 10.2. The number of halogens is 2. The van der Waals surface area contributed by atoms with Crippen LogP contribution in [0.3, 0.4) is 0 Å². The van der Waals surface area contributed by atoms with Crippen molar-refractivity contribution < 1.29 is 14.6 Å². The van der Waals surface area contributed by atoms with Crippen LogP contribution in [0.25, 0.3) is 0 Å². The van der Waals surface area contributed by atoms with Gasteiger partial charge in [-0.2, -0.15) is 0 Å². The van der Waals surface area contributed by atoms with Crippen molar-refractivity contribution in [1.29, 1.82) is 0 Å². The van der Waals surface area contributed by atoms with E-state index in [-0.39, 0.29) is 12.4 Å². The second kappa shape index (κ2) is 5.95. The molecule has 0 fully saturated rings. The number of benzene rings is 2. The second-order valence-corrected chi connectivity index (χ2v) is 4.69. The topological polar surface area (TPSA) is 46.5 Å². The van der Waals surface area contributed by atoms with Crippen LogP contribution < -0.4 is 0 Å². The smallest absolute Gasteiger partial charge is 0.338 e. The second-order valence-electron chi connectivity index (χ2n) is 3.87. The Balaban J connectivity index is 2.02. The first kappa shape index (κ1) is 13.7. The van der Waals surface area contributed by atoms with Gasteiger partial charge in [0.15, 0.2) is 0 Å². The molecule has 1 N–H and O–H groups in total. The van der Waals surface area contributed by atoms with Crippen molar-refractivity contribution >= 4 is 29.2 Å². The Morgan fingerprint density at radius 2 is 1.89 bits per heavy atom. The number of phenolic OH excluding ortho intramolecular Hbond substituents is 1. The molecule has 0 saturated carbocycles. The third-order valence-electron chi connectivity index (χ3n) is 2.44. The highest BCUT2D eigenvalue weighted by Gasteiger charge is 2.08.